The molecule has 1 unspecified atom stereocenters. The van der Waals surface area contributed by atoms with Crippen molar-refractivity contribution < 1.29 is 0 Å². The monoisotopic (exact) mass is 235 g/mol. The molecule has 0 aromatic heterocycles. The minimum Gasteiger partial charge on any atom is -0.310 e. The SMILES string of the molecule is CCC(C)NCc1ccc([Si](C)(C)C)cc1. The van der Waals surface area contributed by atoms with E-state index < -0.39 is 8.07 Å². The van der Waals surface area contributed by atoms with E-state index in [1.165, 1.54) is 12.0 Å². The molecule has 0 aliphatic heterocycles. The topological polar surface area (TPSA) is 12.0 Å². The largest absolute Gasteiger partial charge is 0.310 e. The first-order valence-corrected chi connectivity index (χ1v) is 9.76. The van der Waals surface area contributed by atoms with Gasteiger partial charge in [-0.2, -0.15) is 0 Å². The molecular formula is C14H25NSi. The van der Waals surface area contributed by atoms with E-state index in [0.717, 1.165) is 6.54 Å². The highest BCUT2D eigenvalue weighted by molar-refractivity contribution is 6.88. The molecule has 90 valence electrons. The molecule has 0 amide bonds. The lowest BCUT2D eigenvalue weighted by molar-refractivity contribution is 0.534. The van der Waals surface area contributed by atoms with E-state index in [0.29, 0.717) is 6.04 Å². The Morgan fingerprint density at radius 2 is 1.69 bits per heavy atom. The molecule has 0 bridgehead atoms. The fourth-order valence-electron chi connectivity index (χ4n) is 1.56. The Morgan fingerprint density at radius 1 is 1.12 bits per heavy atom. The Bertz CT molecular complexity index is 311. The molecule has 0 saturated carbocycles. The van der Waals surface area contributed by atoms with E-state index >= 15 is 0 Å². The van der Waals surface area contributed by atoms with Crippen molar-refractivity contribution in [2.45, 2.75) is 52.5 Å². The first-order valence-electron chi connectivity index (χ1n) is 6.26. The summed E-state index contributed by atoms with van der Waals surface area (Å²) in [5.74, 6) is 0. The zero-order valence-corrected chi connectivity index (χ0v) is 12.3. The molecule has 0 radical (unpaired) electrons. The van der Waals surface area contributed by atoms with Gasteiger partial charge in [0, 0.05) is 12.6 Å². The van der Waals surface area contributed by atoms with Crippen molar-refractivity contribution in [2.75, 3.05) is 0 Å². The van der Waals surface area contributed by atoms with Crippen LogP contribution in [0.5, 0.6) is 0 Å². The van der Waals surface area contributed by atoms with Gasteiger partial charge in [-0.15, -0.1) is 0 Å². The Morgan fingerprint density at radius 3 is 2.12 bits per heavy atom. The molecule has 0 spiro atoms. The highest BCUT2D eigenvalue weighted by atomic mass is 28.3. The highest BCUT2D eigenvalue weighted by Crippen LogP contribution is 2.05. The normalized spacial score (nSPS) is 13.8. The van der Waals surface area contributed by atoms with Crippen molar-refractivity contribution in [3.63, 3.8) is 0 Å². The van der Waals surface area contributed by atoms with Gasteiger partial charge in [0.25, 0.3) is 0 Å². The Kier molecular flexibility index (Phi) is 4.75. The average Bonchev–Trinajstić information content (AvgIpc) is 2.25. The molecule has 0 fully saturated rings. The van der Waals surface area contributed by atoms with E-state index in [2.05, 4.69) is 63.1 Å². The number of rotatable bonds is 5. The molecule has 1 atom stereocenters. The number of hydrogen-bond acceptors (Lipinski definition) is 1. The first kappa shape index (κ1) is 13.5. The van der Waals surface area contributed by atoms with Gasteiger partial charge in [-0.25, -0.2) is 0 Å². The fraction of sp³-hybridized carbons (Fsp3) is 0.571. The molecule has 1 aromatic rings. The number of nitrogens with one attached hydrogen (secondary N) is 1. The van der Waals surface area contributed by atoms with Gasteiger partial charge in [0.15, 0.2) is 0 Å². The van der Waals surface area contributed by atoms with Crippen LogP contribution in [-0.4, -0.2) is 14.1 Å². The maximum atomic E-state index is 3.52. The van der Waals surface area contributed by atoms with Gasteiger partial charge in [0.05, 0.1) is 8.07 Å². The second-order valence-electron chi connectivity index (χ2n) is 5.64. The lowest BCUT2D eigenvalue weighted by atomic mass is 10.2. The van der Waals surface area contributed by atoms with Crippen LogP contribution in [0.2, 0.25) is 19.6 Å². The summed E-state index contributed by atoms with van der Waals surface area (Å²) >= 11 is 0. The van der Waals surface area contributed by atoms with Crippen LogP contribution in [0.3, 0.4) is 0 Å². The number of benzene rings is 1. The number of hydrogen-bond donors (Lipinski definition) is 1. The molecule has 0 aliphatic carbocycles. The molecule has 0 aliphatic rings. The van der Waals surface area contributed by atoms with E-state index in [4.69, 9.17) is 0 Å². The molecule has 1 N–H and O–H groups in total. The smallest absolute Gasteiger partial charge is 0.0775 e. The quantitative estimate of drug-likeness (QED) is 0.773. The second-order valence-corrected chi connectivity index (χ2v) is 10.7. The van der Waals surface area contributed by atoms with Gasteiger partial charge in [-0.05, 0) is 18.9 Å². The van der Waals surface area contributed by atoms with Crippen LogP contribution in [0, 0.1) is 0 Å². The maximum absolute atomic E-state index is 3.52. The van der Waals surface area contributed by atoms with Crippen molar-refractivity contribution >= 4 is 13.3 Å². The summed E-state index contributed by atoms with van der Waals surface area (Å²) in [4.78, 5) is 0. The third kappa shape index (κ3) is 4.10. The van der Waals surface area contributed by atoms with Gasteiger partial charge < -0.3 is 5.32 Å². The zero-order valence-electron chi connectivity index (χ0n) is 11.3. The molecular weight excluding hydrogens is 210 g/mol. The van der Waals surface area contributed by atoms with Crippen LogP contribution in [-0.2, 0) is 6.54 Å². The molecule has 0 saturated heterocycles. The predicted molar refractivity (Wildman–Crippen MR) is 76.0 cm³/mol. The second kappa shape index (κ2) is 5.64. The van der Waals surface area contributed by atoms with Crippen molar-refractivity contribution in [1.29, 1.82) is 0 Å². The summed E-state index contributed by atoms with van der Waals surface area (Å²) in [5, 5.41) is 5.06. The van der Waals surface area contributed by atoms with E-state index in [1.807, 2.05) is 0 Å². The first-order chi connectivity index (χ1) is 7.43. The summed E-state index contributed by atoms with van der Waals surface area (Å²) in [7, 11) is -1.13. The van der Waals surface area contributed by atoms with Crippen molar-refractivity contribution in [3.05, 3.63) is 29.8 Å². The van der Waals surface area contributed by atoms with E-state index in [1.54, 1.807) is 5.19 Å². The molecule has 16 heavy (non-hydrogen) atoms. The van der Waals surface area contributed by atoms with E-state index in [9.17, 15) is 0 Å². The standard InChI is InChI=1S/C14H25NSi/c1-6-12(2)15-11-13-7-9-14(10-8-13)16(3,4)5/h7-10,12,15H,6,11H2,1-5H3. The Hall–Kier alpha value is -0.603. The summed E-state index contributed by atoms with van der Waals surface area (Å²) in [6.07, 6.45) is 1.19. The summed E-state index contributed by atoms with van der Waals surface area (Å²) in [6, 6.07) is 9.75. The molecule has 1 aromatic carbocycles. The molecule has 0 heterocycles. The van der Waals surface area contributed by atoms with E-state index in [-0.39, 0.29) is 0 Å². The third-order valence-electron chi connectivity index (χ3n) is 3.09. The lowest BCUT2D eigenvalue weighted by Crippen LogP contribution is -2.37. The lowest BCUT2D eigenvalue weighted by Gasteiger charge is -2.17. The van der Waals surface area contributed by atoms with Crippen molar-refractivity contribution in [1.82, 2.24) is 5.32 Å². The van der Waals surface area contributed by atoms with Crippen LogP contribution in [0.25, 0.3) is 0 Å². The average molecular weight is 235 g/mol. The molecule has 1 nitrogen and oxygen atoms in total. The minimum atomic E-state index is -1.13. The highest BCUT2D eigenvalue weighted by Gasteiger charge is 2.15. The summed E-state index contributed by atoms with van der Waals surface area (Å²) < 4.78 is 0. The van der Waals surface area contributed by atoms with Gasteiger partial charge >= 0.3 is 0 Å². The van der Waals surface area contributed by atoms with Crippen LogP contribution in [0.1, 0.15) is 25.8 Å². The van der Waals surface area contributed by atoms with Crippen LogP contribution < -0.4 is 10.5 Å². The fourth-order valence-corrected chi connectivity index (χ4v) is 2.73. The predicted octanol–water partition coefficient (Wildman–Crippen LogP) is 3.12. The van der Waals surface area contributed by atoms with Gasteiger partial charge in [-0.3, -0.25) is 0 Å². The van der Waals surface area contributed by atoms with Crippen LogP contribution >= 0.6 is 0 Å². The summed E-state index contributed by atoms with van der Waals surface area (Å²) in [6.45, 7) is 12.6. The van der Waals surface area contributed by atoms with Crippen LogP contribution in [0.4, 0.5) is 0 Å². The molecule has 1 rings (SSSR count). The third-order valence-corrected chi connectivity index (χ3v) is 5.15. The Balaban J connectivity index is 2.58. The van der Waals surface area contributed by atoms with Crippen LogP contribution in [0.15, 0.2) is 24.3 Å². The van der Waals surface area contributed by atoms with Crippen molar-refractivity contribution in [3.8, 4) is 0 Å². The summed E-state index contributed by atoms with van der Waals surface area (Å²) in [5.41, 5.74) is 1.39. The minimum absolute atomic E-state index is 0.608. The van der Waals surface area contributed by atoms with Gasteiger partial charge in [-0.1, -0.05) is 56.0 Å². The maximum Gasteiger partial charge on any atom is 0.0775 e. The zero-order chi connectivity index (χ0) is 12.2. The van der Waals surface area contributed by atoms with Crippen molar-refractivity contribution in [2.24, 2.45) is 0 Å². The molecule has 2 heteroatoms. The van der Waals surface area contributed by atoms with Gasteiger partial charge in [0.2, 0.25) is 0 Å². The van der Waals surface area contributed by atoms with Gasteiger partial charge in [0.1, 0.15) is 0 Å². The Labute approximate surface area is 101 Å².